The van der Waals surface area contributed by atoms with E-state index in [-0.39, 0.29) is 35.9 Å². The van der Waals surface area contributed by atoms with Crippen LogP contribution in [-0.2, 0) is 22.9 Å². The van der Waals surface area contributed by atoms with E-state index in [0.717, 1.165) is 44.2 Å². The Morgan fingerprint density at radius 3 is 2.70 bits per heavy atom. The average Bonchev–Trinajstić information content (AvgIpc) is 2.60. The lowest BCUT2D eigenvalue weighted by molar-refractivity contribution is 0.297. The predicted molar refractivity (Wildman–Crippen MR) is 122 cm³/mol. The van der Waals surface area contributed by atoms with Crippen LogP contribution in [0.3, 0.4) is 0 Å². The van der Waals surface area contributed by atoms with Gasteiger partial charge >= 0.3 is 0 Å². The topological polar surface area (TPSA) is 96.6 Å². The largest absolute Gasteiger partial charge is 0.370 e. The molecule has 2 atom stereocenters. The fourth-order valence-corrected chi connectivity index (χ4v) is 5.01. The van der Waals surface area contributed by atoms with Crippen LogP contribution in [-0.4, -0.2) is 33.2 Å². The maximum Gasteiger partial charge on any atom is 0.208 e. The molecule has 2 aliphatic rings. The van der Waals surface area contributed by atoms with Gasteiger partial charge in [0.2, 0.25) is 10.0 Å². The molecule has 1 fully saturated rings. The second-order valence-electron chi connectivity index (χ2n) is 7.54. The summed E-state index contributed by atoms with van der Waals surface area (Å²) in [4.78, 5) is 4.52. The van der Waals surface area contributed by atoms with Gasteiger partial charge in [0.25, 0.3) is 0 Å². The third-order valence-corrected chi connectivity index (χ3v) is 6.16. The highest BCUT2D eigenvalue weighted by atomic mass is 127. The monoisotopic (exact) mass is 506 g/mol. The molecule has 152 valence electrons. The highest BCUT2D eigenvalue weighted by molar-refractivity contribution is 14.0. The van der Waals surface area contributed by atoms with Crippen LogP contribution < -0.4 is 15.8 Å². The lowest BCUT2D eigenvalue weighted by atomic mass is 9.85. The van der Waals surface area contributed by atoms with Gasteiger partial charge in [-0.1, -0.05) is 25.0 Å². The summed E-state index contributed by atoms with van der Waals surface area (Å²) in [6.07, 6.45) is 9.89. The fraction of sp³-hybridized carbons (Fsp3) is 0.632. The van der Waals surface area contributed by atoms with Gasteiger partial charge in [-0.15, -0.1) is 24.0 Å². The van der Waals surface area contributed by atoms with E-state index in [9.17, 15) is 8.42 Å². The third kappa shape index (κ3) is 6.60. The molecule has 1 aromatic carbocycles. The first kappa shape index (κ1) is 22.4. The number of nitrogens with zero attached hydrogens (tertiary/aromatic N) is 1. The second-order valence-corrected chi connectivity index (χ2v) is 9.32. The molecule has 0 amide bonds. The molecule has 2 aliphatic carbocycles. The Balaban J connectivity index is 0.00000261. The van der Waals surface area contributed by atoms with Crippen molar-refractivity contribution in [2.45, 2.75) is 57.4 Å². The number of rotatable bonds is 5. The summed E-state index contributed by atoms with van der Waals surface area (Å²) >= 11 is 0. The minimum absolute atomic E-state index is 0. The number of aliphatic imine (C=N–C) groups is 1. The normalized spacial score (nSPS) is 23.2. The Kier molecular flexibility index (Phi) is 8.36. The number of halogens is 1. The van der Waals surface area contributed by atoms with E-state index in [1.54, 1.807) is 0 Å². The first-order chi connectivity index (χ1) is 12.4. The molecule has 3 rings (SSSR count). The van der Waals surface area contributed by atoms with Crippen molar-refractivity contribution in [3.63, 3.8) is 0 Å². The van der Waals surface area contributed by atoms with Crippen LogP contribution in [0.5, 0.6) is 0 Å². The number of aryl methyl sites for hydroxylation is 1. The van der Waals surface area contributed by atoms with Crippen LogP contribution in [0.2, 0.25) is 0 Å². The Morgan fingerprint density at radius 1 is 1.19 bits per heavy atom. The van der Waals surface area contributed by atoms with Gasteiger partial charge in [0.15, 0.2) is 5.96 Å². The van der Waals surface area contributed by atoms with E-state index in [1.165, 1.54) is 30.2 Å². The standard InChI is InChI=1S/C19H30N4O2S.HI/c1-26(24,25)23-17-11-5-3-8-15(17)13-21-19(20)22-18-12-6-9-14-7-2-4-10-16(14)18;/h6,9,12,15,17,23H,2-5,7-8,10-11,13H2,1H3,(H3,20,21,22);1H. The summed E-state index contributed by atoms with van der Waals surface area (Å²) in [5, 5.41) is 3.26. The summed E-state index contributed by atoms with van der Waals surface area (Å²) in [5.74, 6) is 0.608. The van der Waals surface area contributed by atoms with Crippen molar-refractivity contribution in [1.82, 2.24) is 4.72 Å². The molecule has 4 N–H and O–H groups in total. The molecule has 0 radical (unpaired) electrons. The number of hydrogen-bond donors (Lipinski definition) is 3. The van der Waals surface area contributed by atoms with Gasteiger partial charge in [-0.2, -0.15) is 0 Å². The van der Waals surface area contributed by atoms with Crippen molar-refractivity contribution in [2.75, 3.05) is 18.1 Å². The summed E-state index contributed by atoms with van der Waals surface area (Å²) in [5.41, 5.74) is 9.94. The molecule has 27 heavy (non-hydrogen) atoms. The van der Waals surface area contributed by atoms with Crippen LogP contribution in [0.4, 0.5) is 5.69 Å². The Morgan fingerprint density at radius 2 is 1.93 bits per heavy atom. The number of nitrogens with two attached hydrogens (primary N) is 1. The molecule has 0 aromatic heterocycles. The summed E-state index contributed by atoms with van der Waals surface area (Å²) in [6.45, 7) is 0.543. The molecule has 8 heteroatoms. The third-order valence-electron chi connectivity index (χ3n) is 5.43. The number of sulfonamides is 1. The minimum Gasteiger partial charge on any atom is -0.370 e. The van der Waals surface area contributed by atoms with E-state index in [0.29, 0.717) is 12.5 Å². The average molecular weight is 506 g/mol. The van der Waals surface area contributed by atoms with Crippen LogP contribution in [0, 0.1) is 5.92 Å². The van der Waals surface area contributed by atoms with Crippen LogP contribution in [0.25, 0.3) is 0 Å². The zero-order valence-electron chi connectivity index (χ0n) is 15.9. The van der Waals surface area contributed by atoms with Gasteiger partial charge in [-0.25, -0.2) is 13.1 Å². The molecule has 2 unspecified atom stereocenters. The van der Waals surface area contributed by atoms with E-state index in [1.807, 2.05) is 0 Å². The molecular weight excluding hydrogens is 475 g/mol. The van der Waals surface area contributed by atoms with E-state index < -0.39 is 10.0 Å². The maximum absolute atomic E-state index is 11.6. The Bertz CT molecular complexity index is 767. The number of benzene rings is 1. The van der Waals surface area contributed by atoms with Crippen molar-refractivity contribution in [3.05, 3.63) is 29.3 Å². The van der Waals surface area contributed by atoms with Crippen LogP contribution >= 0.6 is 24.0 Å². The van der Waals surface area contributed by atoms with Gasteiger partial charge in [-0.3, -0.25) is 4.99 Å². The summed E-state index contributed by atoms with van der Waals surface area (Å²) in [6, 6.07) is 6.27. The maximum atomic E-state index is 11.6. The predicted octanol–water partition coefficient (Wildman–Crippen LogP) is 3.02. The molecule has 1 aromatic rings. The molecular formula is C19H31IN4O2S. The molecule has 6 nitrogen and oxygen atoms in total. The minimum atomic E-state index is -3.20. The van der Waals surface area contributed by atoms with Crippen molar-refractivity contribution >= 4 is 45.6 Å². The van der Waals surface area contributed by atoms with E-state index in [2.05, 4.69) is 33.2 Å². The van der Waals surface area contributed by atoms with Crippen LogP contribution in [0.1, 0.15) is 49.7 Å². The van der Waals surface area contributed by atoms with Gasteiger partial charge in [0.1, 0.15) is 0 Å². The van der Waals surface area contributed by atoms with Gasteiger partial charge in [0, 0.05) is 18.3 Å². The zero-order chi connectivity index (χ0) is 18.6. The lowest BCUT2D eigenvalue weighted by Crippen LogP contribution is -2.43. The van der Waals surface area contributed by atoms with Crippen molar-refractivity contribution < 1.29 is 8.42 Å². The Hall–Kier alpha value is -0.870. The fourth-order valence-electron chi connectivity index (χ4n) is 4.15. The number of guanidine groups is 1. The van der Waals surface area contributed by atoms with Crippen molar-refractivity contribution in [2.24, 2.45) is 16.6 Å². The van der Waals surface area contributed by atoms with E-state index >= 15 is 0 Å². The molecule has 0 heterocycles. The molecule has 0 spiro atoms. The highest BCUT2D eigenvalue weighted by Crippen LogP contribution is 2.28. The number of nitrogens with one attached hydrogen (secondary N) is 2. The zero-order valence-corrected chi connectivity index (χ0v) is 19.1. The van der Waals surface area contributed by atoms with Gasteiger partial charge in [0.05, 0.1) is 6.26 Å². The number of hydrogen-bond acceptors (Lipinski definition) is 3. The number of anilines is 1. The first-order valence-electron chi connectivity index (χ1n) is 9.57. The molecule has 1 saturated carbocycles. The Labute approximate surface area is 179 Å². The summed E-state index contributed by atoms with van der Waals surface area (Å²) in [7, 11) is -3.20. The SMILES string of the molecule is CS(=O)(=O)NC1CCCCC1CN=C(N)Nc1cccc2c1CCCC2.I. The van der Waals surface area contributed by atoms with Gasteiger partial charge < -0.3 is 11.1 Å². The summed E-state index contributed by atoms with van der Waals surface area (Å²) < 4.78 is 25.9. The van der Waals surface area contributed by atoms with Crippen molar-refractivity contribution in [1.29, 1.82) is 0 Å². The first-order valence-corrected chi connectivity index (χ1v) is 11.5. The highest BCUT2D eigenvalue weighted by Gasteiger charge is 2.27. The van der Waals surface area contributed by atoms with E-state index in [4.69, 9.17) is 5.73 Å². The number of fused-ring (bicyclic) bond motifs is 1. The lowest BCUT2D eigenvalue weighted by Gasteiger charge is -2.30. The molecule has 0 aliphatic heterocycles. The second kappa shape index (κ2) is 10.1. The molecule has 0 bridgehead atoms. The van der Waals surface area contributed by atoms with Crippen molar-refractivity contribution in [3.8, 4) is 0 Å². The molecule has 0 saturated heterocycles. The quantitative estimate of drug-likeness (QED) is 0.325. The smallest absolute Gasteiger partial charge is 0.208 e. The van der Waals surface area contributed by atoms with Gasteiger partial charge in [-0.05, 0) is 61.6 Å². The van der Waals surface area contributed by atoms with Crippen LogP contribution in [0.15, 0.2) is 23.2 Å².